The van der Waals surface area contributed by atoms with Gasteiger partial charge in [0.15, 0.2) is 0 Å². The van der Waals surface area contributed by atoms with Gasteiger partial charge in [0.25, 0.3) is 0 Å². The maximum absolute atomic E-state index is 12.3. The third-order valence-corrected chi connectivity index (χ3v) is 4.53. The maximum atomic E-state index is 12.3. The Labute approximate surface area is 123 Å². The lowest BCUT2D eigenvalue weighted by atomic mass is 9.77. The maximum Gasteiger partial charge on any atom is 0.323 e. The number of aliphatic hydroxyl groups is 1. The van der Waals surface area contributed by atoms with Gasteiger partial charge in [-0.05, 0) is 26.2 Å². The van der Waals surface area contributed by atoms with Gasteiger partial charge in [0.1, 0.15) is 5.82 Å². The third-order valence-electron chi connectivity index (χ3n) is 3.81. The van der Waals surface area contributed by atoms with E-state index in [2.05, 4.69) is 21.6 Å². The summed E-state index contributed by atoms with van der Waals surface area (Å²) in [5, 5.41) is 13.0. The van der Waals surface area contributed by atoms with Crippen molar-refractivity contribution in [1.29, 1.82) is 0 Å². The van der Waals surface area contributed by atoms with Crippen LogP contribution in [0.1, 0.15) is 38.4 Å². The highest BCUT2D eigenvalue weighted by molar-refractivity contribution is 7.09. The first-order valence-electron chi connectivity index (χ1n) is 7.06. The van der Waals surface area contributed by atoms with Gasteiger partial charge in [-0.25, -0.2) is 9.78 Å². The lowest BCUT2D eigenvalue weighted by Gasteiger charge is -2.41. The number of amides is 2. The minimum Gasteiger partial charge on any atom is -0.396 e. The minimum atomic E-state index is -0.144. The molecule has 1 aromatic rings. The number of aromatic nitrogens is 2. The highest BCUT2D eigenvalue weighted by Crippen LogP contribution is 2.34. The van der Waals surface area contributed by atoms with Crippen molar-refractivity contribution < 1.29 is 9.90 Å². The van der Waals surface area contributed by atoms with Crippen molar-refractivity contribution >= 4 is 22.7 Å². The number of carbonyl (C=O) groups is 1. The van der Waals surface area contributed by atoms with E-state index in [1.54, 1.807) is 11.8 Å². The molecule has 1 aliphatic heterocycles. The van der Waals surface area contributed by atoms with Gasteiger partial charge in [0.05, 0.1) is 6.61 Å². The van der Waals surface area contributed by atoms with Crippen LogP contribution in [0.15, 0.2) is 0 Å². The number of anilines is 1. The number of aliphatic hydroxyl groups excluding tert-OH is 1. The summed E-state index contributed by atoms with van der Waals surface area (Å²) in [7, 11) is 0. The summed E-state index contributed by atoms with van der Waals surface area (Å²) in [6, 6.07) is -0.144. The fraction of sp³-hybridized carbons (Fsp3) is 0.769. The molecule has 0 saturated carbocycles. The number of nitrogens with zero attached hydrogens (tertiary/aromatic N) is 3. The first-order valence-corrected chi connectivity index (χ1v) is 7.83. The van der Waals surface area contributed by atoms with Gasteiger partial charge in [0, 0.05) is 30.0 Å². The topological polar surface area (TPSA) is 78.4 Å². The van der Waals surface area contributed by atoms with Crippen LogP contribution >= 0.6 is 11.5 Å². The highest BCUT2D eigenvalue weighted by Gasteiger charge is 2.36. The summed E-state index contributed by atoms with van der Waals surface area (Å²) in [5.74, 6) is 0.666. The van der Waals surface area contributed by atoms with Crippen molar-refractivity contribution in [3.05, 3.63) is 5.82 Å². The fourth-order valence-electron chi connectivity index (χ4n) is 2.84. The molecule has 20 heavy (non-hydrogen) atoms. The average Bonchev–Trinajstić information content (AvgIpc) is 2.84. The smallest absolute Gasteiger partial charge is 0.323 e. The van der Waals surface area contributed by atoms with Gasteiger partial charge in [-0.15, -0.1) is 0 Å². The van der Waals surface area contributed by atoms with Crippen LogP contribution in [-0.2, 0) is 0 Å². The van der Waals surface area contributed by atoms with Crippen molar-refractivity contribution in [1.82, 2.24) is 14.3 Å². The molecule has 2 rings (SSSR count). The van der Waals surface area contributed by atoms with Gasteiger partial charge in [-0.2, -0.15) is 4.37 Å². The van der Waals surface area contributed by atoms with Crippen LogP contribution in [0.25, 0.3) is 0 Å². The second-order valence-electron chi connectivity index (χ2n) is 5.51. The fourth-order valence-corrected chi connectivity index (χ4v) is 3.41. The molecule has 1 fully saturated rings. The lowest BCUT2D eigenvalue weighted by molar-refractivity contribution is 0.0422. The Kier molecular flexibility index (Phi) is 4.93. The Morgan fingerprint density at radius 3 is 3.00 bits per heavy atom. The van der Waals surface area contributed by atoms with E-state index < -0.39 is 0 Å². The lowest BCUT2D eigenvalue weighted by Crippen LogP contribution is -2.49. The molecule has 1 aliphatic rings. The number of hydrogen-bond acceptors (Lipinski definition) is 5. The Morgan fingerprint density at radius 2 is 2.40 bits per heavy atom. The van der Waals surface area contributed by atoms with Crippen LogP contribution in [0.3, 0.4) is 0 Å². The van der Waals surface area contributed by atoms with Crippen LogP contribution < -0.4 is 5.32 Å². The van der Waals surface area contributed by atoms with Gasteiger partial charge in [-0.1, -0.05) is 13.3 Å². The van der Waals surface area contributed by atoms with Crippen molar-refractivity contribution in [3.8, 4) is 0 Å². The first kappa shape index (κ1) is 15.2. The summed E-state index contributed by atoms with van der Waals surface area (Å²) < 4.78 is 4.05. The molecule has 112 valence electrons. The Balaban J connectivity index is 1.99. The number of carbonyl (C=O) groups excluding carboxylic acids is 1. The zero-order valence-electron chi connectivity index (χ0n) is 12.1. The monoisotopic (exact) mass is 298 g/mol. The van der Waals surface area contributed by atoms with Crippen LogP contribution in [0.2, 0.25) is 0 Å². The molecule has 2 amide bonds. The molecule has 0 aromatic carbocycles. The van der Waals surface area contributed by atoms with Gasteiger partial charge in [0.2, 0.25) is 5.13 Å². The van der Waals surface area contributed by atoms with E-state index in [0.717, 1.165) is 32.2 Å². The number of aryl methyl sites for hydroxylation is 1. The van der Waals surface area contributed by atoms with Crippen molar-refractivity contribution in [2.24, 2.45) is 5.41 Å². The van der Waals surface area contributed by atoms with E-state index in [0.29, 0.717) is 17.5 Å². The second kappa shape index (κ2) is 6.49. The quantitative estimate of drug-likeness (QED) is 0.893. The van der Waals surface area contributed by atoms with Crippen molar-refractivity contribution in [3.63, 3.8) is 0 Å². The van der Waals surface area contributed by atoms with Crippen LogP contribution in [0.5, 0.6) is 0 Å². The molecule has 2 N–H and O–H groups in total. The van der Waals surface area contributed by atoms with Crippen molar-refractivity contribution in [2.75, 3.05) is 25.0 Å². The number of nitrogens with one attached hydrogen (secondary N) is 1. The molecule has 7 heteroatoms. The Hall–Kier alpha value is -1.21. The standard InChI is InChI=1S/C13H22N4O2S/c1-3-5-13(9-18)6-4-7-17(8-13)12(19)15-11-14-10(2)16-20-11/h18H,3-9H2,1-2H3,(H,14,15,16,19)/t13-/m0/s1. The molecule has 0 bridgehead atoms. The van der Waals surface area contributed by atoms with Gasteiger partial charge >= 0.3 is 6.03 Å². The summed E-state index contributed by atoms with van der Waals surface area (Å²) in [6.45, 7) is 5.39. The largest absolute Gasteiger partial charge is 0.396 e. The SMILES string of the molecule is CCC[C@]1(CO)CCCN(C(=O)Nc2nc(C)ns2)C1. The molecule has 0 unspecified atom stereocenters. The molecule has 6 nitrogen and oxygen atoms in total. The number of hydrogen-bond donors (Lipinski definition) is 2. The third kappa shape index (κ3) is 3.46. The molecule has 0 spiro atoms. The van der Waals surface area contributed by atoms with E-state index >= 15 is 0 Å². The highest BCUT2D eigenvalue weighted by atomic mass is 32.1. The van der Waals surface area contributed by atoms with Crippen molar-refractivity contribution in [2.45, 2.75) is 39.5 Å². The normalized spacial score (nSPS) is 22.9. The van der Waals surface area contributed by atoms with E-state index in [-0.39, 0.29) is 18.1 Å². The van der Waals surface area contributed by atoms with Gasteiger partial charge in [-0.3, -0.25) is 5.32 Å². The summed E-state index contributed by atoms with van der Waals surface area (Å²) in [4.78, 5) is 18.2. The molecule has 0 radical (unpaired) electrons. The number of urea groups is 1. The molecule has 0 aliphatic carbocycles. The van der Waals surface area contributed by atoms with Gasteiger partial charge < -0.3 is 10.0 Å². The average molecular weight is 298 g/mol. The zero-order chi connectivity index (χ0) is 14.6. The molecular formula is C13H22N4O2S. The molecule has 1 atom stereocenters. The Morgan fingerprint density at radius 1 is 1.60 bits per heavy atom. The molecule has 1 saturated heterocycles. The molecular weight excluding hydrogens is 276 g/mol. The molecule has 1 aromatic heterocycles. The summed E-state index contributed by atoms with van der Waals surface area (Å²) in [6.07, 6.45) is 3.89. The predicted octanol–water partition coefficient (Wildman–Crippen LogP) is 2.25. The number of rotatable bonds is 4. The first-order chi connectivity index (χ1) is 9.58. The summed E-state index contributed by atoms with van der Waals surface area (Å²) >= 11 is 1.19. The Bertz CT molecular complexity index is 461. The second-order valence-corrected chi connectivity index (χ2v) is 6.26. The number of likely N-dealkylation sites (tertiary alicyclic amines) is 1. The molecule has 2 heterocycles. The van der Waals surface area contributed by atoms with Crippen LogP contribution in [0, 0.1) is 12.3 Å². The van der Waals surface area contributed by atoms with Crippen LogP contribution in [-0.4, -0.2) is 45.1 Å². The number of piperidine rings is 1. The van der Waals surface area contributed by atoms with E-state index in [9.17, 15) is 9.90 Å². The van der Waals surface area contributed by atoms with E-state index in [4.69, 9.17) is 0 Å². The van der Waals surface area contributed by atoms with Crippen LogP contribution in [0.4, 0.5) is 9.93 Å². The zero-order valence-corrected chi connectivity index (χ0v) is 12.9. The van der Waals surface area contributed by atoms with E-state index in [1.807, 2.05) is 0 Å². The summed E-state index contributed by atoms with van der Waals surface area (Å²) in [5.41, 5.74) is -0.138. The van der Waals surface area contributed by atoms with E-state index in [1.165, 1.54) is 11.5 Å². The predicted molar refractivity (Wildman–Crippen MR) is 78.9 cm³/mol. The minimum absolute atomic E-state index is 0.138.